The van der Waals surface area contributed by atoms with Crippen LogP contribution in [0.5, 0.6) is 0 Å². The van der Waals surface area contributed by atoms with Gasteiger partial charge >= 0.3 is 6.03 Å². The summed E-state index contributed by atoms with van der Waals surface area (Å²) in [5.41, 5.74) is -0.882. The van der Waals surface area contributed by atoms with Gasteiger partial charge in [0.15, 0.2) is 0 Å². The first-order chi connectivity index (χ1) is 8.85. The highest BCUT2D eigenvalue weighted by Gasteiger charge is 2.27. The largest absolute Gasteiger partial charge is 0.388 e. The monoisotopic (exact) mass is 285 g/mol. The number of aromatic nitrogens is 1. The molecule has 0 aliphatic carbocycles. The van der Waals surface area contributed by atoms with Gasteiger partial charge in [0.1, 0.15) is 0 Å². The molecular formula is C13H23N3O2S. The number of thiazole rings is 1. The standard InChI is InChI=1S/C13H23N3O2S/c1-5-9(2)13(4,18)8-16-12(17)15-7-11-6-14-10(3)19-11/h6,9,18H,5,7-8H2,1-4H3,(H2,15,16,17). The van der Waals surface area contributed by atoms with Gasteiger partial charge in [0.2, 0.25) is 0 Å². The molecule has 0 aliphatic heterocycles. The van der Waals surface area contributed by atoms with E-state index in [1.165, 1.54) is 0 Å². The van der Waals surface area contributed by atoms with E-state index in [0.717, 1.165) is 16.3 Å². The third-order valence-electron chi connectivity index (χ3n) is 3.37. The Morgan fingerprint density at radius 3 is 2.79 bits per heavy atom. The van der Waals surface area contributed by atoms with Crippen LogP contribution in [0, 0.1) is 12.8 Å². The highest BCUT2D eigenvalue weighted by Crippen LogP contribution is 2.18. The number of amides is 2. The summed E-state index contributed by atoms with van der Waals surface area (Å²) in [6, 6.07) is -0.269. The molecule has 0 aromatic carbocycles. The van der Waals surface area contributed by atoms with E-state index < -0.39 is 5.60 Å². The molecular weight excluding hydrogens is 262 g/mol. The number of carbonyl (C=O) groups excluding carboxylic acids is 1. The lowest BCUT2D eigenvalue weighted by atomic mass is 9.89. The summed E-state index contributed by atoms with van der Waals surface area (Å²) in [5, 5.41) is 16.6. The van der Waals surface area contributed by atoms with Gasteiger partial charge in [-0.05, 0) is 19.8 Å². The summed E-state index contributed by atoms with van der Waals surface area (Å²) in [6.07, 6.45) is 2.63. The Labute approximate surface area is 118 Å². The van der Waals surface area contributed by atoms with Crippen LogP contribution in [0.15, 0.2) is 6.20 Å². The topological polar surface area (TPSA) is 74.2 Å². The Morgan fingerprint density at radius 1 is 1.58 bits per heavy atom. The molecule has 1 heterocycles. The molecule has 2 amide bonds. The normalized spacial score (nSPS) is 15.6. The molecule has 1 rings (SSSR count). The van der Waals surface area contributed by atoms with E-state index in [1.54, 1.807) is 24.5 Å². The molecule has 108 valence electrons. The van der Waals surface area contributed by atoms with Crippen molar-refractivity contribution in [1.29, 1.82) is 0 Å². The van der Waals surface area contributed by atoms with Crippen LogP contribution >= 0.6 is 11.3 Å². The van der Waals surface area contributed by atoms with Gasteiger partial charge < -0.3 is 15.7 Å². The molecule has 5 nitrogen and oxygen atoms in total. The lowest BCUT2D eigenvalue weighted by Gasteiger charge is -2.29. The summed E-state index contributed by atoms with van der Waals surface area (Å²) in [4.78, 5) is 16.8. The molecule has 0 radical (unpaired) electrons. The van der Waals surface area contributed by atoms with Gasteiger partial charge in [0, 0.05) is 17.6 Å². The molecule has 2 atom stereocenters. The number of nitrogens with one attached hydrogen (secondary N) is 2. The van der Waals surface area contributed by atoms with Gasteiger partial charge in [-0.15, -0.1) is 11.3 Å². The number of rotatable bonds is 6. The molecule has 0 spiro atoms. The molecule has 6 heteroatoms. The fraction of sp³-hybridized carbons (Fsp3) is 0.692. The second kappa shape index (κ2) is 6.86. The third kappa shape index (κ3) is 5.16. The van der Waals surface area contributed by atoms with Crippen molar-refractivity contribution >= 4 is 17.4 Å². The predicted octanol–water partition coefficient (Wildman–Crippen LogP) is 2.05. The van der Waals surface area contributed by atoms with Crippen molar-refractivity contribution in [3.63, 3.8) is 0 Å². The molecule has 0 aliphatic rings. The zero-order chi connectivity index (χ0) is 14.5. The molecule has 2 unspecified atom stereocenters. The van der Waals surface area contributed by atoms with Crippen LogP contribution in [0.3, 0.4) is 0 Å². The van der Waals surface area contributed by atoms with E-state index in [1.807, 2.05) is 20.8 Å². The van der Waals surface area contributed by atoms with Crippen molar-refractivity contribution in [2.45, 2.75) is 46.3 Å². The quantitative estimate of drug-likeness (QED) is 0.749. The molecule has 0 saturated heterocycles. The number of aryl methyl sites for hydroxylation is 1. The smallest absolute Gasteiger partial charge is 0.315 e. The number of hydrogen-bond acceptors (Lipinski definition) is 4. The van der Waals surface area contributed by atoms with Gasteiger partial charge in [-0.25, -0.2) is 9.78 Å². The van der Waals surface area contributed by atoms with Crippen molar-refractivity contribution in [2.75, 3.05) is 6.54 Å². The summed E-state index contributed by atoms with van der Waals surface area (Å²) in [6.45, 7) is 8.37. The van der Waals surface area contributed by atoms with Crippen LogP contribution in [0.25, 0.3) is 0 Å². The van der Waals surface area contributed by atoms with Gasteiger partial charge in [-0.1, -0.05) is 20.3 Å². The van der Waals surface area contributed by atoms with Crippen LogP contribution < -0.4 is 10.6 Å². The van der Waals surface area contributed by atoms with Gasteiger partial charge in [0.25, 0.3) is 0 Å². The average molecular weight is 285 g/mol. The molecule has 1 aromatic rings. The average Bonchev–Trinajstić information content (AvgIpc) is 2.78. The van der Waals surface area contributed by atoms with Crippen molar-refractivity contribution in [2.24, 2.45) is 5.92 Å². The first-order valence-corrected chi connectivity index (χ1v) is 7.32. The maximum absolute atomic E-state index is 11.6. The fourth-order valence-corrected chi connectivity index (χ4v) is 2.32. The van der Waals surface area contributed by atoms with Crippen molar-refractivity contribution in [3.05, 3.63) is 16.1 Å². The number of aliphatic hydroxyl groups is 1. The maximum atomic E-state index is 11.6. The van der Waals surface area contributed by atoms with Gasteiger partial charge in [0.05, 0.1) is 17.2 Å². The second-order valence-electron chi connectivity index (χ2n) is 5.05. The Hall–Kier alpha value is -1.14. The Kier molecular flexibility index (Phi) is 5.75. The Morgan fingerprint density at radius 2 is 2.26 bits per heavy atom. The SMILES string of the molecule is CCC(C)C(C)(O)CNC(=O)NCc1cnc(C)s1. The predicted molar refractivity (Wildman–Crippen MR) is 77.2 cm³/mol. The third-order valence-corrected chi connectivity index (χ3v) is 4.29. The molecule has 0 bridgehead atoms. The highest BCUT2D eigenvalue weighted by molar-refractivity contribution is 7.11. The summed E-state index contributed by atoms with van der Waals surface area (Å²) >= 11 is 1.56. The van der Waals surface area contributed by atoms with Crippen molar-refractivity contribution in [1.82, 2.24) is 15.6 Å². The molecule has 1 aromatic heterocycles. The van der Waals surface area contributed by atoms with E-state index in [0.29, 0.717) is 6.54 Å². The first-order valence-electron chi connectivity index (χ1n) is 6.50. The second-order valence-corrected chi connectivity index (χ2v) is 6.37. The molecule has 3 N–H and O–H groups in total. The van der Waals surface area contributed by atoms with Crippen molar-refractivity contribution < 1.29 is 9.90 Å². The van der Waals surface area contributed by atoms with E-state index >= 15 is 0 Å². The minimum absolute atomic E-state index is 0.136. The van der Waals surface area contributed by atoms with Crippen LogP contribution in [0.1, 0.15) is 37.1 Å². The summed E-state index contributed by atoms with van der Waals surface area (Å²) < 4.78 is 0. The molecule has 0 saturated carbocycles. The zero-order valence-corrected chi connectivity index (χ0v) is 12.8. The Balaban J connectivity index is 2.32. The zero-order valence-electron chi connectivity index (χ0n) is 12.0. The molecule has 19 heavy (non-hydrogen) atoms. The van der Waals surface area contributed by atoms with Crippen LogP contribution in [0.4, 0.5) is 4.79 Å². The van der Waals surface area contributed by atoms with Crippen LogP contribution in [-0.4, -0.2) is 28.3 Å². The van der Waals surface area contributed by atoms with Gasteiger partial charge in [-0.2, -0.15) is 0 Å². The fourth-order valence-electron chi connectivity index (χ4n) is 1.59. The number of urea groups is 1. The first kappa shape index (κ1) is 15.9. The van der Waals surface area contributed by atoms with E-state index in [4.69, 9.17) is 0 Å². The lowest BCUT2D eigenvalue weighted by molar-refractivity contribution is 0.00790. The highest BCUT2D eigenvalue weighted by atomic mass is 32.1. The maximum Gasteiger partial charge on any atom is 0.315 e. The summed E-state index contributed by atoms with van der Waals surface area (Å²) in [7, 11) is 0. The summed E-state index contributed by atoms with van der Waals surface area (Å²) in [5.74, 6) is 0.136. The van der Waals surface area contributed by atoms with E-state index in [2.05, 4.69) is 15.6 Å². The minimum Gasteiger partial charge on any atom is -0.388 e. The molecule has 0 fully saturated rings. The van der Waals surface area contributed by atoms with E-state index in [9.17, 15) is 9.90 Å². The van der Waals surface area contributed by atoms with Crippen molar-refractivity contribution in [3.8, 4) is 0 Å². The minimum atomic E-state index is -0.882. The van der Waals surface area contributed by atoms with E-state index in [-0.39, 0.29) is 18.5 Å². The number of carbonyl (C=O) groups is 1. The number of hydrogen-bond donors (Lipinski definition) is 3. The van der Waals surface area contributed by atoms with Crippen LogP contribution in [0.2, 0.25) is 0 Å². The Bertz CT molecular complexity index is 418. The van der Waals surface area contributed by atoms with Crippen LogP contribution in [-0.2, 0) is 6.54 Å². The lowest BCUT2D eigenvalue weighted by Crippen LogP contribution is -2.47. The number of nitrogens with zero attached hydrogens (tertiary/aromatic N) is 1. The van der Waals surface area contributed by atoms with Gasteiger partial charge in [-0.3, -0.25) is 0 Å².